The van der Waals surface area contributed by atoms with Crippen LogP contribution in [-0.4, -0.2) is 34.5 Å². The van der Waals surface area contributed by atoms with E-state index in [9.17, 15) is 14.7 Å². The van der Waals surface area contributed by atoms with Crippen LogP contribution in [0.4, 0.5) is 0 Å². The second-order valence-corrected chi connectivity index (χ2v) is 6.76. The molecule has 0 radical (unpaired) electrons. The number of rotatable bonds is 3. The lowest BCUT2D eigenvalue weighted by Crippen LogP contribution is -2.45. The first-order chi connectivity index (χ1) is 8.73. The van der Waals surface area contributed by atoms with Gasteiger partial charge in [-0.2, -0.15) is 0 Å². The van der Waals surface area contributed by atoms with Crippen LogP contribution in [0, 0.1) is 11.3 Å². The largest absolute Gasteiger partial charge is 0.480 e. The van der Waals surface area contributed by atoms with E-state index in [0.717, 1.165) is 19.3 Å². The summed E-state index contributed by atoms with van der Waals surface area (Å²) in [6.45, 7) is 8.99. The zero-order valence-electron chi connectivity index (χ0n) is 12.6. The monoisotopic (exact) mass is 269 g/mol. The maximum atomic E-state index is 12.4. The highest BCUT2D eigenvalue weighted by Crippen LogP contribution is 2.29. The zero-order chi connectivity index (χ0) is 14.6. The summed E-state index contributed by atoms with van der Waals surface area (Å²) in [7, 11) is 0. The van der Waals surface area contributed by atoms with E-state index in [2.05, 4.69) is 27.7 Å². The Morgan fingerprint density at radius 1 is 1.26 bits per heavy atom. The fourth-order valence-corrected chi connectivity index (χ4v) is 2.35. The van der Waals surface area contributed by atoms with Gasteiger partial charge in [-0.05, 0) is 24.2 Å². The van der Waals surface area contributed by atoms with Gasteiger partial charge in [0, 0.05) is 13.0 Å². The van der Waals surface area contributed by atoms with Crippen LogP contribution in [0.2, 0.25) is 0 Å². The summed E-state index contributed by atoms with van der Waals surface area (Å²) in [5.74, 6) is -0.618. The fraction of sp³-hybridized carbons (Fsp3) is 0.867. The standard InChI is InChI=1S/C15H27NO3/c1-11(15(2,3)4)10-13(17)16-9-7-5-6-8-12(16)14(18)19/h11-12H,5-10H2,1-4H3,(H,18,19). The van der Waals surface area contributed by atoms with Gasteiger partial charge in [-0.15, -0.1) is 0 Å². The van der Waals surface area contributed by atoms with Gasteiger partial charge < -0.3 is 10.0 Å². The quantitative estimate of drug-likeness (QED) is 0.857. The van der Waals surface area contributed by atoms with Crippen LogP contribution in [0.3, 0.4) is 0 Å². The number of carbonyl (C=O) groups is 2. The Morgan fingerprint density at radius 3 is 2.42 bits per heavy atom. The summed E-state index contributed by atoms with van der Waals surface area (Å²) in [5.41, 5.74) is 0.0697. The van der Waals surface area contributed by atoms with Gasteiger partial charge in [0.1, 0.15) is 6.04 Å². The van der Waals surface area contributed by atoms with Gasteiger partial charge in [-0.25, -0.2) is 4.79 Å². The van der Waals surface area contributed by atoms with Crippen LogP contribution in [0.5, 0.6) is 0 Å². The van der Waals surface area contributed by atoms with Crippen molar-refractivity contribution in [1.29, 1.82) is 0 Å². The van der Waals surface area contributed by atoms with Crippen LogP contribution < -0.4 is 0 Å². The number of hydrogen-bond acceptors (Lipinski definition) is 2. The first kappa shape index (κ1) is 16.0. The van der Waals surface area contributed by atoms with Gasteiger partial charge in [0.25, 0.3) is 0 Å². The number of likely N-dealkylation sites (tertiary alicyclic amines) is 1. The first-order valence-corrected chi connectivity index (χ1v) is 7.25. The van der Waals surface area contributed by atoms with Crippen molar-refractivity contribution in [3.05, 3.63) is 0 Å². The molecule has 1 aliphatic rings. The van der Waals surface area contributed by atoms with Crippen LogP contribution in [0.1, 0.15) is 59.8 Å². The Hall–Kier alpha value is -1.06. The molecular formula is C15H27NO3. The Labute approximate surface area is 116 Å². The molecule has 1 rings (SSSR count). The SMILES string of the molecule is CC(CC(=O)N1CCCCCC1C(=O)O)C(C)(C)C. The van der Waals surface area contributed by atoms with Gasteiger partial charge in [-0.1, -0.05) is 40.5 Å². The van der Waals surface area contributed by atoms with Crippen molar-refractivity contribution in [3.63, 3.8) is 0 Å². The predicted molar refractivity (Wildman–Crippen MR) is 74.8 cm³/mol. The van der Waals surface area contributed by atoms with E-state index < -0.39 is 12.0 Å². The van der Waals surface area contributed by atoms with Gasteiger partial charge in [0.2, 0.25) is 5.91 Å². The maximum absolute atomic E-state index is 12.4. The zero-order valence-corrected chi connectivity index (χ0v) is 12.6. The van der Waals surface area contributed by atoms with E-state index >= 15 is 0 Å². The van der Waals surface area contributed by atoms with Crippen molar-refractivity contribution in [2.24, 2.45) is 11.3 Å². The molecule has 1 saturated heterocycles. The predicted octanol–water partition coefficient (Wildman–Crippen LogP) is 2.91. The minimum atomic E-state index is -0.862. The summed E-state index contributed by atoms with van der Waals surface area (Å²) in [6.07, 6.45) is 3.86. The number of carboxylic acids is 1. The van der Waals surface area contributed by atoms with Gasteiger partial charge >= 0.3 is 5.97 Å². The third-order valence-corrected chi connectivity index (χ3v) is 4.32. The van der Waals surface area contributed by atoms with E-state index in [0.29, 0.717) is 19.4 Å². The van der Waals surface area contributed by atoms with E-state index in [1.54, 1.807) is 4.90 Å². The van der Waals surface area contributed by atoms with Crippen molar-refractivity contribution in [3.8, 4) is 0 Å². The number of aliphatic carboxylic acids is 1. The van der Waals surface area contributed by atoms with Gasteiger partial charge in [0.15, 0.2) is 0 Å². The Kier molecular flexibility index (Phi) is 5.39. The molecule has 0 bridgehead atoms. The lowest BCUT2D eigenvalue weighted by molar-refractivity contribution is -0.150. The van der Waals surface area contributed by atoms with Crippen LogP contribution in [0.15, 0.2) is 0 Å². The first-order valence-electron chi connectivity index (χ1n) is 7.25. The minimum absolute atomic E-state index is 0.00303. The number of hydrogen-bond donors (Lipinski definition) is 1. The Balaban J connectivity index is 2.74. The van der Waals surface area contributed by atoms with Gasteiger partial charge in [-0.3, -0.25) is 4.79 Å². The van der Waals surface area contributed by atoms with Crippen molar-refractivity contribution in [2.75, 3.05) is 6.54 Å². The van der Waals surface area contributed by atoms with Crippen LogP contribution >= 0.6 is 0 Å². The molecule has 4 nitrogen and oxygen atoms in total. The number of amides is 1. The normalized spacial score (nSPS) is 22.7. The third-order valence-electron chi connectivity index (χ3n) is 4.32. The Bertz CT molecular complexity index is 333. The highest BCUT2D eigenvalue weighted by molar-refractivity contribution is 5.83. The lowest BCUT2D eigenvalue weighted by Gasteiger charge is -2.32. The molecular weight excluding hydrogens is 242 g/mol. The minimum Gasteiger partial charge on any atom is -0.480 e. The highest BCUT2D eigenvalue weighted by Gasteiger charge is 2.32. The van der Waals surface area contributed by atoms with Crippen LogP contribution in [0.25, 0.3) is 0 Å². The second kappa shape index (κ2) is 6.40. The average Bonchev–Trinajstić information content (AvgIpc) is 2.52. The molecule has 0 aliphatic carbocycles. The van der Waals surface area contributed by atoms with Crippen molar-refractivity contribution >= 4 is 11.9 Å². The molecule has 1 fully saturated rings. The summed E-state index contributed by atoms with van der Waals surface area (Å²) in [5, 5.41) is 9.28. The number of carbonyl (C=O) groups excluding carboxylic acids is 1. The lowest BCUT2D eigenvalue weighted by atomic mass is 9.80. The van der Waals surface area contributed by atoms with E-state index in [4.69, 9.17) is 0 Å². The highest BCUT2D eigenvalue weighted by atomic mass is 16.4. The van der Waals surface area contributed by atoms with Gasteiger partial charge in [0.05, 0.1) is 0 Å². The molecule has 1 N–H and O–H groups in total. The number of carboxylic acid groups (broad SMARTS) is 1. The number of nitrogens with zero attached hydrogens (tertiary/aromatic N) is 1. The molecule has 0 aromatic heterocycles. The molecule has 2 unspecified atom stereocenters. The summed E-state index contributed by atoms with van der Waals surface area (Å²) >= 11 is 0. The molecule has 0 spiro atoms. The topological polar surface area (TPSA) is 57.6 Å². The molecule has 1 aliphatic heterocycles. The smallest absolute Gasteiger partial charge is 0.326 e. The summed E-state index contributed by atoms with van der Waals surface area (Å²) < 4.78 is 0. The molecule has 0 aromatic rings. The van der Waals surface area contributed by atoms with Crippen molar-refractivity contribution in [1.82, 2.24) is 4.90 Å². The molecule has 2 atom stereocenters. The molecule has 110 valence electrons. The summed E-state index contributed by atoms with van der Waals surface area (Å²) in [6, 6.07) is -0.623. The molecule has 4 heteroatoms. The second-order valence-electron chi connectivity index (χ2n) is 6.76. The molecule has 1 amide bonds. The van der Waals surface area contributed by atoms with E-state index in [1.165, 1.54) is 0 Å². The van der Waals surface area contributed by atoms with Crippen molar-refractivity contribution < 1.29 is 14.7 Å². The molecule has 1 heterocycles. The fourth-order valence-electron chi connectivity index (χ4n) is 2.35. The van der Waals surface area contributed by atoms with Crippen molar-refractivity contribution in [2.45, 2.75) is 65.8 Å². The molecule has 19 heavy (non-hydrogen) atoms. The Morgan fingerprint density at radius 2 is 1.89 bits per heavy atom. The third kappa shape index (κ3) is 4.51. The van der Waals surface area contributed by atoms with Crippen LogP contribution in [-0.2, 0) is 9.59 Å². The molecule has 0 saturated carbocycles. The van der Waals surface area contributed by atoms with E-state index in [1.807, 2.05) is 0 Å². The average molecular weight is 269 g/mol. The maximum Gasteiger partial charge on any atom is 0.326 e. The molecule has 0 aromatic carbocycles. The summed E-state index contributed by atoms with van der Waals surface area (Å²) in [4.78, 5) is 25.3. The van der Waals surface area contributed by atoms with E-state index in [-0.39, 0.29) is 17.2 Å².